The lowest BCUT2D eigenvalue weighted by atomic mass is 10.1. The number of para-hydroxylation sites is 1. The van der Waals surface area contributed by atoms with E-state index in [2.05, 4.69) is 15.7 Å². The molecule has 2 aromatic rings. The molecule has 1 aromatic carbocycles. The van der Waals surface area contributed by atoms with E-state index in [1.54, 1.807) is 48.2 Å². The average Bonchev–Trinajstić information content (AvgIpc) is 3.15. The monoisotopic (exact) mass is 397 g/mol. The van der Waals surface area contributed by atoms with Crippen LogP contribution in [0.25, 0.3) is 0 Å². The Morgan fingerprint density at radius 2 is 2.12 bits per heavy atom. The number of likely N-dealkylation sites (N-methyl/N-ethyl adjacent to an activating group) is 1. The molecule has 2 unspecified atom stereocenters. The number of hydrogen-bond acceptors (Lipinski definition) is 4. The second kappa shape index (κ2) is 8.53. The molecule has 2 N–H and O–H groups in total. The highest BCUT2D eigenvalue weighted by Gasteiger charge is 2.34. The standard InChI is InChI=1S/C17H20ClN5O2.ClH/c1-19-16(11-8-20-22(2)9-11)17(25)21-12-7-15(24)23(10-12)14-6-4-3-5-13(14)18;/h3-6,8-9,12,16,19H,7,10H2,1-2H3,(H,21,25);1H. The molecule has 1 fully saturated rings. The molecule has 2 heterocycles. The van der Waals surface area contributed by atoms with E-state index >= 15 is 0 Å². The maximum atomic E-state index is 12.6. The Kier molecular flexibility index (Phi) is 6.63. The molecule has 1 saturated heterocycles. The minimum Gasteiger partial charge on any atom is -0.349 e. The Morgan fingerprint density at radius 3 is 2.73 bits per heavy atom. The van der Waals surface area contributed by atoms with Gasteiger partial charge in [-0.25, -0.2) is 0 Å². The van der Waals surface area contributed by atoms with Crippen molar-refractivity contribution in [1.29, 1.82) is 0 Å². The van der Waals surface area contributed by atoms with Gasteiger partial charge in [0.15, 0.2) is 0 Å². The van der Waals surface area contributed by atoms with Gasteiger partial charge in [0.1, 0.15) is 6.04 Å². The van der Waals surface area contributed by atoms with Gasteiger partial charge in [0.05, 0.1) is 22.9 Å². The Morgan fingerprint density at radius 1 is 1.38 bits per heavy atom. The first kappa shape index (κ1) is 20.2. The molecule has 1 aliphatic rings. The van der Waals surface area contributed by atoms with Crippen LogP contribution in [0.3, 0.4) is 0 Å². The number of rotatable bonds is 5. The molecular formula is C17H21Cl2N5O2. The fourth-order valence-corrected chi connectivity index (χ4v) is 3.27. The molecular weight excluding hydrogens is 377 g/mol. The summed E-state index contributed by atoms with van der Waals surface area (Å²) in [5.74, 6) is -0.241. The molecule has 2 atom stereocenters. The highest BCUT2D eigenvalue weighted by molar-refractivity contribution is 6.33. The maximum Gasteiger partial charge on any atom is 0.242 e. The third kappa shape index (κ3) is 4.17. The Labute approximate surface area is 163 Å². The summed E-state index contributed by atoms with van der Waals surface area (Å²) in [6, 6.07) is 6.42. The van der Waals surface area contributed by atoms with Gasteiger partial charge in [0.2, 0.25) is 11.8 Å². The lowest BCUT2D eigenvalue weighted by Crippen LogP contribution is -2.43. The molecule has 1 aliphatic heterocycles. The molecule has 1 aromatic heterocycles. The van der Waals surface area contributed by atoms with Crippen LogP contribution in [0.1, 0.15) is 18.0 Å². The van der Waals surface area contributed by atoms with E-state index in [9.17, 15) is 9.59 Å². The van der Waals surface area contributed by atoms with Crippen LogP contribution < -0.4 is 15.5 Å². The Balaban J connectivity index is 0.00000243. The molecule has 0 spiro atoms. The zero-order valence-electron chi connectivity index (χ0n) is 14.5. The summed E-state index contributed by atoms with van der Waals surface area (Å²) in [4.78, 5) is 26.5. The molecule has 26 heavy (non-hydrogen) atoms. The maximum absolute atomic E-state index is 12.6. The molecule has 0 bridgehead atoms. The summed E-state index contributed by atoms with van der Waals surface area (Å²) in [5.41, 5.74) is 1.44. The van der Waals surface area contributed by atoms with Gasteiger partial charge in [-0.05, 0) is 19.2 Å². The lowest BCUT2D eigenvalue weighted by molar-refractivity contribution is -0.123. The highest BCUT2D eigenvalue weighted by atomic mass is 35.5. The molecule has 7 nitrogen and oxygen atoms in total. The molecule has 140 valence electrons. The van der Waals surface area contributed by atoms with Crippen molar-refractivity contribution in [2.24, 2.45) is 7.05 Å². The van der Waals surface area contributed by atoms with E-state index < -0.39 is 6.04 Å². The lowest BCUT2D eigenvalue weighted by Gasteiger charge is -2.20. The van der Waals surface area contributed by atoms with Crippen molar-refractivity contribution in [1.82, 2.24) is 20.4 Å². The van der Waals surface area contributed by atoms with Gasteiger partial charge in [0, 0.05) is 31.8 Å². The largest absolute Gasteiger partial charge is 0.349 e. The number of aryl methyl sites for hydroxylation is 1. The van der Waals surface area contributed by atoms with E-state index in [0.717, 1.165) is 5.56 Å². The molecule has 3 rings (SSSR count). The SMILES string of the molecule is CNC(C(=O)NC1CC(=O)N(c2ccccc2Cl)C1)c1cnn(C)c1.Cl. The van der Waals surface area contributed by atoms with E-state index in [-0.39, 0.29) is 36.7 Å². The van der Waals surface area contributed by atoms with Crippen LogP contribution in [-0.2, 0) is 16.6 Å². The zero-order chi connectivity index (χ0) is 18.0. The predicted octanol–water partition coefficient (Wildman–Crippen LogP) is 1.68. The number of nitrogens with one attached hydrogen (secondary N) is 2. The number of aromatic nitrogens is 2. The van der Waals surface area contributed by atoms with E-state index in [4.69, 9.17) is 11.6 Å². The van der Waals surface area contributed by atoms with Crippen LogP contribution in [0, 0.1) is 0 Å². The van der Waals surface area contributed by atoms with Crippen molar-refractivity contribution in [2.45, 2.75) is 18.5 Å². The van der Waals surface area contributed by atoms with E-state index in [0.29, 0.717) is 17.3 Å². The van der Waals surface area contributed by atoms with Crippen molar-refractivity contribution in [2.75, 3.05) is 18.5 Å². The molecule has 0 radical (unpaired) electrons. The molecule has 0 aliphatic carbocycles. The average molecular weight is 398 g/mol. The van der Waals surface area contributed by atoms with Crippen molar-refractivity contribution in [3.05, 3.63) is 47.2 Å². The van der Waals surface area contributed by atoms with Gasteiger partial charge in [-0.15, -0.1) is 12.4 Å². The minimum absolute atomic E-state index is 0. The first-order valence-electron chi connectivity index (χ1n) is 8.00. The highest BCUT2D eigenvalue weighted by Crippen LogP contribution is 2.29. The van der Waals surface area contributed by atoms with Crippen molar-refractivity contribution < 1.29 is 9.59 Å². The molecule has 9 heteroatoms. The quantitative estimate of drug-likeness (QED) is 0.804. The minimum atomic E-state index is -0.516. The van der Waals surface area contributed by atoms with Crippen LogP contribution in [0.15, 0.2) is 36.7 Å². The van der Waals surface area contributed by atoms with Gasteiger partial charge in [0.25, 0.3) is 0 Å². The number of carbonyl (C=O) groups excluding carboxylic acids is 2. The number of halogens is 2. The summed E-state index contributed by atoms with van der Waals surface area (Å²) in [6.07, 6.45) is 3.69. The topological polar surface area (TPSA) is 79.3 Å². The van der Waals surface area contributed by atoms with Crippen LogP contribution in [-0.4, -0.2) is 41.2 Å². The zero-order valence-corrected chi connectivity index (χ0v) is 16.0. The number of nitrogens with zero attached hydrogens (tertiary/aromatic N) is 3. The predicted molar refractivity (Wildman–Crippen MR) is 103 cm³/mol. The van der Waals surface area contributed by atoms with Gasteiger partial charge in [-0.1, -0.05) is 23.7 Å². The van der Waals surface area contributed by atoms with Crippen molar-refractivity contribution >= 4 is 41.5 Å². The number of benzene rings is 1. The van der Waals surface area contributed by atoms with Crippen LogP contribution in [0.4, 0.5) is 5.69 Å². The third-order valence-corrected chi connectivity index (χ3v) is 4.54. The number of anilines is 1. The first-order chi connectivity index (χ1) is 12.0. The van der Waals surface area contributed by atoms with Crippen LogP contribution in [0.2, 0.25) is 5.02 Å². The molecule has 0 saturated carbocycles. The summed E-state index contributed by atoms with van der Waals surface area (Å²) in [5, 5.41) is 10.5. The van der Waals surface area contributed by atoms with Gasteiger partial charge in [-0.2, -0.15) is 5.10 Å². The van der Waals surface area contributed by atoms with Crippen LogP contribution in [0.5, 0.6) is 0 Å². The summed E-state index contributed by atoms with van der Waals surface area (Å²) < 4.78 is 1.64. The Hall–Kier alpha value is -2.09. The van der Waals surface area contributed by atoms with Gasteiger partial charge in [-0.3, -0.25) is 14.3 Å². The van der Waals surface area contributed by atoms with Crippen molar-refractivity contribution in [3.8, 4) is 0 Å². The normalized spacial score (nSPS) is 17.7. The van der Waals surface area contributed by atoms with Gasteiger partial charge >= 0.3 is 0 Å². The van der Waals surface area contributed by atoms with Crippen molar-refractivity contribution in [3.63, 3.8) is 0 Å². The van der Waals surface area contributed by atoms with Crippen LogP contribution >= 0.6 is 24.0 Å². The Bertz CT molecular complexity index is 795. The molecule has 2 amide bonds. The number of hydrogen-bond donors (Lipinski definition) is 2. The fourth-order valence-electron chi connectivity index (χ4n) is 3.03. The van der Waals surface area contributed by atoms with E-state index in [1.807, 2.05) is 12.1 Å². The number of amides is 2. The van der Waals surface area contributed by atoms with E-state index in [1.165, 1.54) is 0 Å². The fraction of sp³-hybridized carbons (Fsp3) is 0.353. The van der Waals surface area contributed by atoms with Gasteiger partial charge < -0.3 is 15.5 Å². The summed E-state index contributed by atoms with van der Waals surface area (Å²) >= 11 is 6.18. The third-order valence-electron chi connectivity index (χ3n) is 4.22. The second-order valence-electron chi connectivity index (χ2n) is 6.03. The first-order valence-corrected chi connectivity index (χ1v) is 8.38. The second-order valence-corrected chi connectivity index (χ2v) is 6.44. The smallest absolute Gasteiger partial charge is 0.242 e. The number of carbonyl (C=O) groups is 2. The summed E-state index contributed by atoms with van der Waals surface area (Å²) in [6.45, 7) is 0.401. The summed E-state index contributed by atoms with van der Waals surface area (Å²) in [7, 11) is 3.51.